The highest BCUT2D eigenvalue weighted by Gasteiger charge is 2.22. The standard InChI is InChI=1S/C20H21N3/c1-2-8-20(9-3-1)23-11-10-18(15-23)22-14-19-12-16-6-4-5-7-17(16)13-21-19/h1-9,12-13,18,22H,10-11,14-15H2. The molecule has 1 aromatic heterocycles. The van der Waals surface area contributed by atoms with Gasteiger partial charge in [0.1, 0.15) is 0 Å². The van der Waals surface area contributed by atoms with Crippen LogP contribution in [-0.2, 0) is 6.54 Å². The summed E-state index contributed by atoms with van der Waals surface area (Å²) in [6.07, 6.45) is 3.15. The first-order valence-corrected chi connectivity index (χ1v) is 8.25. The SMILES string of the molecule is c1ccc(N2CCC(NCc3cc4ccccc4cn3)C2)cc1. The minimum absolute atomic E-state index is 0.531. The van der Waals surface area contributed by atoms with Crippen LogP contribution < -0.4 is 10.2 Å². The highest BCUT2D eigenvalue weighted by atomic mass is 15.2. The average Bonchev–Trinajstić information content (AvgIpc) is 3.10. The van der Waals surface area contributed by atoms with Crippen molar-refractivity contribution in [3.05, 3.63) is 72.6 Å². The minimum atomic E-state index is 0.531. The molecular formula is C20H21N3. The summed E-state index contributed by atoms with van der Waals surface area (Å²) in [5.74, 6) is 0. The average molecular weight is 303 g/mol. The third kappa shape index (κ3) is 3.20. The molecule has 1 aliphatic heterocycles. The second-order valence-electron chi connectivity index (χ2n) is 6.17. The molecule has 1 unspecified atom stereocenters. The van der Waals surface area contributed by atoms with E-state index in [1.807, 2.05) is 6.20 Å². The fraction of sp³-hybridized carbons (Fsp3) is 0.250. The molecule has 3 aromatic rings. The number of benzene rings is 2. The molecular weight excluding hydrogens is 282 g/mol. The van der Waals surface area contributed by atoms with Gasteiger partial charge in [0, 0.05) is 42.9 Å². The van der Waals surface area contributed by atoms with E-state index in [0.29, 0.717) is 6.04 Å². The Kier molecular flexibility index (Phi) is 3.95. The van der Waals surface area contributed by atoms with E-state index in [1.54, 1.807) is 0 Å². The molecule has 0 spiro atoms. The summed E-state index contributed by atoms with van der Waals surface area (Å²) < 4.78 is 0. The maximum atomic E-state index is 4.57. The lowest BCUT2D eigenvalue weighted by molar-refractivity contribution is 0.546. The van der Waals surface area contributed by atoms with Crippen LogP contribution in [-0.4, -0.2) is 24.1 Å². The second kappa shape index (κ2) is 6.39. The zero-order valence-electron chi connectivity index (χ0n) is 13.2. The van der Waals surface area contributed by atoms with Crippen LogP contribution in [0.2, 0.25) is 0 Å². The number of hydrogen-bond acceptors (Lipinski definition) is 3. The lowest BCUT2D eigenvalue weighted by Gasteiger charge is -2.19. The van der Waals surface area contributed by atoms with Crippen LogP contribution in [0.5, 0.6) is 0 Å². The van der Waals surface area contributed by atoms with Gasteiger partial charge in [0.05, 0.1) is 5.69 Å². The molecule has 0 radical (unpaired) electrons. The first kappa shape index (κ1) is 14.2. The monoisotopic (exact) mass is 303 g/mol. The Morgan fingerprint density at radius 3 is 2.65 bits per heavy atom. The van der Waals surface area contributed by atoms with Gasteiger partial charge in [-0.15, -0.1) is 0 Å². The Morgan fingerprint density at radius 1 is 1.00 bits per heavy atom. The summed E-state index contributed by atoms with van der Waals surface area (Å²) in [7, 11) is 0. The largest absolute Gasteiger partial charge is 0.370 e. The summed E-state index contributed by atoms with van der Waals surface area (Å²) in [6.45, 7) is 3.02. The fourth-order valence-electron chi connectivity index (χ4n) is 3.27. The van der Waals surface area contributed by atoms with Crippen molar-refractivity contribution in [2.75, 3.05) is 18.0 Å². The molecule has 1 atom stereocenters. The summed E-state index contributed by atoms with van der Waals surface area (Å²) in [4.78, 5) is 7.02. The number of fused-ring (bicyclic) bond motifs is 1. The number of rotatable bonds is 4. The first-order valence-electron chi connectivity index (χ1n) is 8.25. The molecule has 1 fully saturated rings. The zero-order chi connectivity index (χ0) is 15.5. The van der Waals surface area contributed by atoms with Gasteiger partial charge >= 0.3 is 0 Å². The van der Waals surface area contributed by atoms with Crippen LogP contribution >= 0.6 is 0 Å². The summed E-state index contributed by atoms with van der Waals surface area (Å²) in [5, 5.41) is 6.12. The molecule has 1 saturated heterocycles. The molecule has 0 aliphatic carbocycles. The number of anilines is 1. The van der Waals surface area contributed by atoms with Gasteiger partial charge in [-0.3, -0.25) is 4.98 Å². The molecule has 0 saturated carbocycles. The molecule has 116 valence electrons. The minimum Gasteiger partial charge on any atom is -0.370 e. The van der Waals surface area contributed by atoms with Crippen LogP contribution in [0.4, 0.5) is 5.69 Å². The Bertz CT molecular complexity index is 785. The van der Waals surface area contributed by atoms with E-state index >= 15 is 0 Å². The molecule has 0 bridgehead atoms. The van der Waals surface area contributed by atoms with Crippen molar-refractivity contribution >= 4 is 16.5 Å². The number of hydrogen-bond donors (Lipinski definition) is 1. The third-order valence-corrected chi connectivity index (χ3v) is 4.57. The Labute approximate surface area is 137 Å². The van der Waals surface area contributed by atoms with Gasteiger partial charge in [0.2, 0.25) is 0 Å². The fourth-order valence-corrected chi connectivity index (χ4v) is 3.27. The molecule has 1 aliphatic rings. The normalized spacial score (nSPS) is 17.7. The van der Waals surface area contributed by atoms with Crippen molar-refractivity contribution in [1.82, 2.24) is 10.3 Å². The van der Waals surface area contributed by atoms with Crippen molar-refractivity contribution in [1.29, 1.82) is 0 Å². The zero-order valence-corrected chi connectivity index (χ0v) is 13.2. The van der Waals surface area contributed by atoms with Crippen LogP contribution in [0, 0.1) is 0 Å². The van der Waals surface area contributed by atoms with E-state index in [-0.39, 0.29) is 0 Å². The number of pyridine rings is 1. The Hall–Kier alpha value is -2.39. The highest BCUT2D eigenvalue weighted by Crippen LogP contribution is 2.20. The number of para-hydroxylation sites is 1. The molecule has 2 aromatic carbocycles. The van der Waals surface area contributed by atoms with Crippen molar-refractivity contribution in [3.8, 4) is 0 Å². The van der Waals surface area contributed by atoms with E-state index in [0.717, 1.165) is 25.3 Å². The lowest BCUT2D eigenvalue weighted by atomic mass is 10.1. The van der Waals surface area contributed by atoms with Crippen LogP contribution in [0.3, 0.4) is 0 Å². The van der Waals surface area contributed by atoms with Crippen molar-refractivity contribution in [2.24, 2.45) is 0 Å². The highest BCUT2D eigenvalue weighted by molar-refractivity contribution is 5.81. The van der Waals surface area contributed by atoms with Crippen LogP contribution in [0.25, 0.3) is 10.8 Å². The van der Waals surface area contributed by atoms with Crippen LogP contribution in [0.15, 0.2) is 66.9 Å². The summed E-state index contributed by atoms with van der Waals surface area (Å²) in [6, 6.07) is 21.8. The quantitative estimate of drug-likeness (QED) is 0.798. The van der Waals surface area contributed by atoms with E-state index in [4.69, 9.17) is 0 Å². The number of nitrogens with one attached hydrogen (secondary N) is 1. The van der Waals surface area contributed by atoms with Gasteiger partial charge in [-0.05, 0) is 30.0 Å². The molecule has 23 heavy (non-hydrogen) atoms. The first-order chi connectivity index (χ1) is 11.4. The molecule has 2 heterocycles. The molecule has 3 nitrogen and oxygen atoms in total. The predicted molar refractivity (Wildman–Crippen MR) is 95.6 cm³/mol. The van der Waals surface area contributed by atoms with Gasteiger partial charge in [-0.2, -0.15) is 0 Å². The van der Waals surface area contributed by atoms with E-state index in [9.17, 15) is 0 Å². The lowest BCUT2D eigenvalue weighted by Crippen LogP contribution is -2.32. The summed E-state index contributed by atoms with van der Waals surface area (Å²) in [5.41, 5.74) is 2.43. The van der Waals surface area contributed by atoms with E-state index < -0.39 is 0 Å². The molecule has 1 N–H and O–H groups in total. The van der Waals surface area contributed by atoms with Crippen molar-refractivity contribution < 1.29 is 0 Å². The van der Waals surface area contributed by atoms with Gasteiger partial charge in [-0.1, -0.05) is 42.5 Å². The van der Waals surface area contributed by atoms with Crippen LogP contribution in [0.1, 0.15) is 12.1 Å². The smallest absolute Gasteiger partial charge is 0.0548 e. The number of aromatic nitrogens is 1. The van der Waals surface area contributed by atoms with Crippen molar-refractivity contribution in [3.63, 3.8) is 0 Å². The maximum absolute atomic E-state index is 4.57. The second-order valence-corrected chi connectivity index (χ2v) is 6.17. The summed E-state index contributed by atoms with van der Waals surface area (Å²) >= 11 is 0. The van der Waals surface area contributed by atoms with E-state index in [2.05, 4.69) is 75.9 Å². The van der Waals surface area contributed by atoms with E-state index in [1.165, 1.54) is 22.9 Å². The Balaban J connectivity index is 1.37. The van der Waals surface area contributed by atoms with Gasteiger partial charge < -0.3 is 10.2 Å². The number of nitrogens with zero attached hydrogens (tertiary/aromatic N) is 2. The predicted octanol–water partition coefficient (Wildman–Crippen LogP) is 3.60. The van der Waals surface area contributed by atoms with Gasteiger partial charge in [-0.25, -0.2) is 0 Å². The molecule has 0 amide bonds. The molecule has 3 heteroatoms. The van der Waals surface area contributed by atoms with Gasteiger partial charge in [0.15, 0.2) is 0 Å². The maximum Gasteiger partial charge on any atom is 0.0548 e. The third-order valence-electron chi connectivity index (χ3n) is 4.57. The topological polar surface area (TPSA) is 28.2 Å². The molecule has 4 rings (SSSR count). The van der Waals surface area contributed by atoms with Crippen molar-refractivity contribution in [2.45, 2.75) is 19.0 Å². The Morgan fingerprint density at radius 2 is 1.78 bits per heavy atom. The van der Waals surface area contributed by atoms with Gasteiger partial charge in [0.25, 0.3) is 0 Å².